The molecule has 0 aromatic rings. The van der Waals surface area contributed by atoms with Gasteiger partial charge in [-0.05, 0) is 37.5 Å². The minimum atomic E-state index is -0.998. The van der Waals surface area contributed by atoms with Crippen molar-refractivity contribution in [2.45, 2.75) is 110 Å². The number of nitrogens with one attached hydrogen (secondary N) is 1. The summed E-state index contributed by atoms with van der Waals surface area (Å²) in [5.74, 6) is -0.725. The fourth-order valence-electron chi connectivity index (χ4n) is 4.27. The molecule has 1 saturated carbocycles. The molecule has 0 bridgehead atoms. The van der Waals surface area contributed by atoms with Crippen LogP contribution in [0.1, 0.15) is 97.8 Å². The number of Topliss-reactive ketones (excluding diaryl/α,β-unsaturated/α-hetero) is 1. The molecule has 1 amide bonds. The monoisotopic (exact) mass is 437 g/mol. The van der Waals surface area contributed by atoms with E-state index < -0.39 is 18.1 Å². The Kier molecular flexibility index (Phi) is 13.4. The Morgan fingerprint density at radius 1 is 1.13 bits per heavy atom. The molecule has 6 nitrogen and oxygen atoms in total. The van der Waals surface area contributed by atoms with E-state index in [1.54, 1.807) is 13.8 Å². The fourth-order valence-corrected chi connectivity index (χ4v) is 4.27. The largest absolute Gasteiger partial charge is 0.480 e. The second-order valence-electron chi connectivity index (χ2n) is 9.30. The number of aliphatic carboxylic acids is 1. The van der Waals surface area contributed by atoms with Crippen LogP contribution in [0.4, 0.5) is 0 Å². The molecule has 0 heterocycles. The van der Waals surface area contributed by atoms with Crippen LogP contribution < -0.4 is 5.32 Å². The zero-order valence-electron chi connectivity index (χ0n) is 19.6. The zero-order chi connectivity index (χ0) is 23.2. The summed E-state index contributed by atoms with van der Waals surface area (Å²) in [6.45, 7) is 5.70. The molecule has 0 spiro atoms. The predicted octanol–water partition coefficient (Wildman–Crippen LogP) is 4.65. The van der Waals surface area contributed by atoms with Crippen molar-refractivity contribution in [2.75, 3.05) is 0 Å². The molecule has 1 fully saturated rings. The first kappa shape index (κ1) is 27.3. The highest BCUT2D eigenvalue weighted by Gasteiger charge is 2.32. The van der Waals surface area contributed by atoms with Gasteiger partial charge in [0.25, 0.3) is 0 Å². The van der Waals surface area contributed by atoms with Gasteiger partial charge in [0.05, 0.1) is 6.10 Å². The number of hydrogen-bond acceptors (Lipinski definition) is 4. The van der Waals surface area contributed by atoms with E-state index in [0.29, 0.717) is 18.6 Å². The van der Waals surface area contributed by atoms with Gasteiger partial charge in [0, 0.05) is 18.8 Å². The Hall–Kier alpha value is -1.69. The number of allylic oxidation sites excluding steroid dienone is 1. The molecule has 4 atom stereocenters. The van der Waals surface area contributed by atoms with E-state index in [4.69, 9.17) is 5.11 Å². The van der Waals surface area contributed by atoms with Crippen molar-refractivity contribution in [2.24, 2.45) is 17.8 Å². The van der Waals surface area contributed by atoms with Crippen LogP contribution in [-0.4, -0.2) is 40.0 Å². The average Bonchev–Trinajstić information content (AvgIpc) is 3.06. The van der Waals surface area contributed by atoms with Crippen LogP contribution in [0, 0.1) is 17.8 Å². The first-order valence-electron chi connectivity index (χ1n) is 12.2. The maximum absolute atomic E-state index is 12.3. The van der Waals surface area contributed by atoms with E-state index in [-0.39, 0.29) is 23.7 Å². The lowest BCUT2D eigenvalue weighted by molar-refractivity contribution is -0.143. The summed E-state index contributed by atoms with van der Waals surface area (Å²) in [6, 6.07) is -0.837. The summed E-state index contributed by atoms with van der Waals surface area (Å²) in [7, 11) is 0. The summed E-state index contributed by atoms with van der Waals surface area (Å²) < 4.78 is 0. The maximum Gasteiger partial charge on any atom is 0.326 e. The average molecular weight is 438 g/mol. The number of unbranched alkanes of at least 4 members (excludes halogenated alkanes) is 5. The van der Waals surface area contributed by atoms with Gasteiger partial charge in [-0.3, -0.25) is 9.59 Å². The quantitative estimate of drug-likeness (QED) is 0.241. The number of ketones is 1. The number of carbonyl (C=O) groups is 3. The molecule has 0 aliphatic heterocycles. The Labute approximate surface area is 187 Å². The minimum absolute atomic E-state index is 0.0600. The Morgan fingerprint density at radius 2 is 1.84 bits per heavy atom. The molecule has 1 aliphatic carbocycles. The Bertz CT molecular complexity index is 586. The van der Waals surface area contributed by atoms with Crippen molar-refractivity contribution in [3.63, 3.8) is 0 Å². The van der Waals surface area contributed by atoms with Crippen molar-refractivity contribution in [1.29, 1.82) is 0 Å². The summed E-state index contributed by atoms with van der Waals surface area (Å²) in [6.07, 6.45) is 13.8. The lowest BCUT2D eigenvalue weighted by atomic mass is 9.89. The molecular formula is C25H43NO5. The lowest BCUT2D eigenvalue weighted by Crippen LogP contribution is -2.44. The fraction of sp³-hybridized carbons (Fsp3) is 0.800. The predicted molar refractivity (Wildman–Crippen MR) is 123 cm³/mol. The van der Waals surface area contributed by atoms with Gasteiger partial charge >= 0.3 is 5.97 Å². The third kappa shape index (κ3) is 10.9. The van der Waals surface area contributed by atoms with Crippen LogP contribution in [0.25, 0.3) is 0 Å². The molecule has 1 rings (SSSR count). The van der Waals surface area contributed by atoms with Crippen LogP contribution in [0.2, 0.25) is 0 Å². The lowest BCUT2D eigenvalue weighted by Gasteiger charge is -2.18. The number of carboxylic acid groups (broad SMARTS) is 1. The topological polar surface area (TPSA) is 104 Å². The van der Waals surface area contributed by atoms with Crippen molar-refractivity contribution in [1.82, 2.24) is 5.32 Å². The van der Waals surface area contributed by atoms with E-state index in [0.717, 1.165) is 64.2 Å². The third-order valence-corrected chi connectivity index (χ3v) is 6.26. The van der Waals surface area contributed by atoms with Crippen LogP contribution in [-0.2, 0) is 14.4 Å². The summed E-state index contributed by atoms with van der Waals surface area (Å²) in [4.78, 5) is 35.4. The zero-order valence-corrected chi connectivity index (χ0v) is 19.6. The van der Waals surface area contributed by atoms with Gasteiger partial charge in [0.2, 0.25) is 5.91 Å². The summed E-state index contributed by atoms with van der Waals surface area (Å²) in [5.41, 5.74) is 0. The highest BCUT2D eigenvalue weighted by atomic mass is 16.4. The second-order valence-corrected chi connectivity index (χ2v) is 9.30. The molecule has 31 heavy (non-hydrogen) atoms. The molecule has 6 heteroatoms. The normalized spacial score (nSPS) is 21.0. The smallest absolute Gasteiger partial charge is 0.326 e. The number of aliphatic hydroxyl groups is 1. The maximum atomic E-state index is 12.3. The number of carboxylic acids is 1. The highest BCUT2D eigenvalue weighted by molar-refractivity contribution is 5.84. The Balaban J connectivity index is 2.27. The van der Waals surface area contributed by atoms with Crippen LogP contribution in [0.5, 0.6) is 0 Å². The van der Waals surface area contributed by atoms with Gasteiger partial charge in [0.15, 0.2) is 0 Å². The minimum Gasteiger partial charge on any atom is -0.480 e. The highest BCUT2D eigenvalue weighted by Crippen LogP contribution is 2.34. The first-order valence-corrected chi connectivity index (χ1v) is 12.2. The number of hydrogen-bond donors (Lipinski definition) is 3. The van der Waals surface area contributed by atoms with Crippen molar-refractivity contribution in [3.8, 4) is 0 Å². The van der Waals surface area contributed by atoms with Crippen LogP contribution >= 0.6 is 0 Å². The number of amides is 1. The second kappa shape index (κ2) is 15.2. The summed E-state index contributed by atoms with van der Waals surface area (Å²) >= 11 is 0. The number of rotatable bonds is 16. The molecule has 0 aromatic carbocycles. The van der Waals surface area contributed by atoms with E-state index in [9.17, 15) is 19.5 Å². The SMILES string of the molecule is CCCCC[C@H](O)/C=C/[C@H]1CCC(=O)[C@@H]1CCCCCCC(=O)NC(C(=O)O)C(C)C. The molecule has 178 valence electrons. The molecule has 0 saturated heterocycles. The molecule has 3 N–H and O–H groups in total. The van der Waals surface area contributed by atoms with E-state index in [2.05, 4.69) is 18.3 Å². The van der Waals surface area contributed by atoms with Crippen LogP contribution in [0.15, 0.2) is 12.2 Å². The van der Waals surface area contributed by atoms with Crippen molar-refractivity contribution in [3.05, 3.63) is 12.2 Å². The van der Waals surface area contributed by atoms with Gasteiger partial charge in [-0.1, -0.05) is 71.4 Å². The molecular weight excluding hydrogens is 394 g/mol. The van der Waals surface area contributed by atoms with Crippen LogP contribution in [0.3, 0.4) is 0 Å². The number of aliphatic hydroxyl groups excluding tert-OH is 1. The molecule has 1 aliphatic rings. The Morgan fingerprint density at radius 3 is 2.48 bits per heavy atom. The number of carbonyl (C=O) groups excluding carboxylic acids is 2. The van der Waals surface area contributed by atoms with Gasteiger partial charge in [-0.2, -0.15) is 0 Å². The molecule has 1 unspecified atom stereocenters. The van der Waals surface area contributed by atoms with Crippen molar-refractivity contribution < 1.29 is 24.6 Å². The van der Waals surface area contributed by atoms with Gasteiger partial charge in [-0.15, -0.1) is 0 Å². The van der Waals surface area contributed by atoms with Gasteiger partial charge in [-0.25, -0.2) is 4.79 Å². The van der Waals surface area contributed by atoms with Crippen molar-refractivity contribution >= 4 is 17.7 Å². The first-order chi connectivity index (χ1) is 14.8. The molecule has 0 aromatic heterocycles. The van der Waals surface area contributed by atoms with E-state index in [1.165, 1.54) is 0 Å². The van der Waals surface area contributed by atoms with E-state index >= 15 is 0 Å². The molecule has 0 radical (unpaired) electrons. The van der Waals surface area contributed by atoms with Gasteiger partial charge < -0.3 is 15.5 Å². The third-order valence-electron chi connectivity index (χ3n) is 6.26. The van der Waals surface area contributed by atoms with E-state index in [1.807, 2.05) is 6.08 Å². The van der Waals surface area contributed by atoms with Gasteiger partial charge in [0.1, 0.15) is 11.8 Å². The summed E-state index contributed by atoms with van der Waals surface area (Å²) in [5, 5.41) is 21.8. The standard InChI is InChI=1S/C25H43NO5/c1-4-5-8-11-20(27)16-14-19-15-17-22(28)21(19)12-9-6-7-10-13-23(29)26-24(18(2)3)25(30)31/h14,16,18-21,24,27H,4-13,15,17H2,1-3H3,(H,26,29)(H,30,31)/b16-14+/t19-,20-,21+,24?/m0/s1.